The van der Waals surface area contributed by atoms with Crippen LogP contribution in [0.1, 0.15) is 20.3 Å². The van der Waals surface area contributed by atoms with Crippen LogP contribution in [0.3, 0.4) is 0 Å². The summed E-state index contributed by atoms with van der Waals surface area (Å²) < 4.78 is 6.10. The van der Waals surface area contributed by atoms with Gasteiger partial charge in [-0.25, -0.2) is 0 Å². The number of ether oxygens (including phenoxy) is 1. The number of benzene rings is 1. The molecule has 1 N–H and O–H groups in total. The van der Waals surface area contributed by atoms with Crippen LogP contribution in [-0.2, 0) is 0 Å². The Labute approximate surface area is 115 Å². The minimum atomic E-state index is 0.271. The van der Waals surface area contributed by atoms with Crippen molar-refractivity contribution in [1.29, 1.82) is 0 Å². The van der Waals surface area contributed by atoms with Gasteiger partial charge in [0.25, 0.3) is 0 Å². The highest BCUT2D eigenvalue weighted by Crippen LogP contribution is 2.29. The zero-order valence-electron chi connectivity index (χ0n) is 11.9. The van der Waals surface area contributed by atoms with Crippen molar-refractivity contribution < 1.29 is 4.74 Å². The molecule has 3 rings (SSSR count). The molecular formula is C16H24N2O. The third-order valence-electron chi connectivity index (χ3n) is 4.11. The van der Waals surface area contributed by atoms with Gasteiger partial charge in [-0.1, -0.05) is 26.0 Å². The smallest absolute Gasteiger partial charge is 0.142 e. The molecule has 3 atom stereocenters. The molecule has 2 heterocycles. The van der Waals surface area contributed by atoms with Crippen molar-refractivity contribution in [3.63, 3.8) is 0 Å². The maximum absolute atomic E-state index is 6.10. The highest BCUT2D eigenvalue weighted by Gasteiger charge is 2.26. The van der Waals surface area contributed by atoms with Crippen LogP contribution >= 0.6 is 0 Å². The van der Waals surface area contributed by atoms with Gasteiger partial charge in [-0.05, 0) is 30.4 Å². The molecule has 0 aromatic heterocycles. The molecule has 19 heavy (non-hydrogen) atoms. The van der Waals surface area contributed by atoms with Gasteiger partial charge in [0.15, 0.2) is 0 Å². The molecule has 1 fully saturated rings. The number of piperidine rings is 1. The van der Waals surface area contributed by atoms with Gasteiger partial charge < -0.3 is 10.1 Å². The predicted molar refractivity (Wildman–Crippen MR) is 78.7 cm³/mol. The van der Waals surface area contributed by atoms with E-state index in [1.165, 1.54) is 19.5 Å². The average Bonchev–Trinajstić information content (AvgIpc) is 2.37. The van der Waals surface area contributed by atoms with E-state index < -0.39 is 0 Å². The van der Waals surface area contributed by atoms with Gasteiger partial charge in [-0.3, -0.25) is 4.90 Å². The van der Waals surface area contributed by atoms with Gasteiger partial charge in [0.05, 0.1) is 12.2 Å². The summed E-state index contributed by atoms with van der Waals surface area (Å²) in [7, 11) is 0. The van der Waals surface area contributed by atoms with Crippen LogP contribution in [0.4, 0.5) is 5.69 Å². The number of rotatable bonds is 2. The van der Waals surface area contributed by atoms with Crippen LogP contribution in [0.2, 0.25) is 0 Å². The molecule has 0 saturated carbocycles. The molecule has 2 aliphatic heterocycles. The van der Waals surface area contributed by atoms with E-state index in [0.29, 0.717) is 0 Å². The second kappa shape index (κ2) is 5.41. The van der Waals surface area contributed by atoms with Crippen LogP contribution in [0.5, 0.6) is 5.75 Å². The first-order valence-electron chi connectivity index (χ1n) is 7.42. The van der Waals surface area contributed by atoms with Crippen molar-refractivity contribution in [1.82, 2.24) is 4.90 Å². The van der Waals surface area contributed by atoms with Crippen LogP contribution in [0.25, 0.3) is 0 Å². The third kappa shape index (κ3) is 3.03. The molecule has 0 radical (unpaired) electrons. The lowest BCUT2D eigenvalue weighted by Crippen LogP contribution is -2.47. The van der Waals surface area contributed by atoms with Crippen molar-refractivity contribution >= 4 is 5.69 Å². The summed E-state index contributed by atoms with van der Waals surface area (Å²) in [5, 5.41) is 3.47. The predicted octanol–water partition coefficient (Wildman–Crippen LogP) is 2.84. The Morgan fingerprint density at radius 1 is 1.21 bits per heavy atom. The van der Waals surface area contributed by atoms with E-state index in [-0.39, 0.29) is 6.10 Å². The second-order valence-electron chi connectivity index (χ2n) is 6.28. The molecule has 3 unspecified atom stereocenters. The zero-order chi connectivity index (χ0) is 13.2. The molecule has 0 bridgehead atoms. The van der Waals surface area contributed by atoms with E-state index in [1.807, 2.05) is 12.1 Å². The van der Waals surface area contributed by atoms with E-state index in [9.17, 15) is 0 Å². The number of anilines is 1. The molecule has 1 aromatic rings. The van der Waals surface area contributed by atoms with Gasteiger partial charge in [-0.15, -0.1) is 0 Å². The topological polar surface area (TPSA) is 24.5 Å². The van der Waals surface area contributed by atoms with Gasteiger partial charge >= 0.3 is 0 Å². The van der Waals surface area contributed by atoms with E-state index in [4.69, 9.17) is 4.74 Å². The maximum atomic E-state index is 6.10. The molecule has 3 heteroatoms. The van der Waals surface area contributed by atoms with Gasteiger partial charge in [0.2, 0.25) is 0 Å². The number of nitrogens with one attached hydrogen (secondary N) is 1. The minimum absolute atomic E-state index is 0.271. The largest absolute Gasteiger partial charge is 0.485 e. The standard InChI is InChI=1S/C16H24N2O/c1-12-7-13(2)10-18(9-12)11-14-8-17-15-5-3-4-6-16(15)19-14/h3-6,12-14,17H,7-11H2,1-2H3. The van der Waals surface area contributed by atoms with E-state index in [1.54, 1.807) is 0 Å². The van der Waals surface area contributed by atoms with E-state index in [0.717, 1.165) is 36.4 Å². The van der Waals surface area contributed by atoms with Gasteiger partial charge in [-0.2, -0.15) is 0 Å². The number of para-hydroxylation sites is 2. The third-order valence-corrected chi connectivity index (χ3v) is 4.11. The molecule has 104 valence electrons. The maximum Gasteiger partial charge on any atom is 0.142 e. The van der Waals surface area contributed by atoms with Crippen LogP contribution in [-0.4, -0.2) is 37.2 Å². The van der Waals surface area contributed by atoms with Crippen molar-refractivity contribution in [2.75, 3.05) is 31.5 Å². The first-order chi connectivity index (χ1) is 9.20. The lowest BCUT2D eigenvalue weighted by atomic mass is 9.92. The Kier molecular flexibility index (Phi) is 3.65. The van der Waals surface area contributed by atoms with Gasteiger partial charge in [0, 0.05) is 19.6 Å². The lowest BCUT2D eigenvalue weighted by molar-refractivity contribution is 0.0846. The minimum Gasteiger partial charge on any atom is -0.485 e. The fraction of sp³-hybridized carbons (Fsp3) is 0.625. The quantitative estimate of drug-likeness (QED) is 0.885. The Hall–Kier alpha value is -1.22. The lowest BCUT2D eigenvalue weighted by Gasteiger charge is -2.38. The molecular weight excluding hydrogens is 236 g/mol. The Bertz CT molecular complexity index is 425. The zero-order valence-corrected chi connectivity index (χ0v) is 11.9. The molecule has 0 spiro atoms. The molecule has 2 aliphatic rings. The van der Waals surface area contributed by atoms with Crippen molar-refractivity contribution in [2.45, 2.75) is 26.4 Å². The summed E-state index contributed by atoms with van der Waals surface area (Å²) in [4.78, 5) is 2.57. The van der Waals surface area contributed by atoms with Crippen molar-refractivity contribution in [2.24, 2.45) is 11.8 Å². The number of hydrogen-bond donors (Lipinski definition) is 1. The second-order valence-corrected chi connectivity index (χ2v) is 6.28. The normalized spacial score (nSPS) is 31.2. The summed E-state index contributed by atoms with van der Waals surface area (Å²) in [5.41, 5.74) is 1.12. The highest BCUT2D eigenvalue weighted by atomic mass is 16.5. The Morgan fingerprint density at radius 3 is 2.74 bits per heavy atom. The number of hydrogen-bond acceptors (Lipinski definition) is 3. The monoisotopic (exact) mass is 260 g/mol. The Balaban J connectivity index is 1.60. The Morgan fingerprint density at radius 2 is 1.95 bits per heavy atom. The summed E-state index contributed by atoms with van der Waals surface area (Å²) >= 11 is 0. The molecule has 0 amide bonds. The van der Waals surface area contributed by atoms with Crippen LogP contribution in [0.15, 0.2) is 24.3 Å². The van der Waals surface area contributed by atoms with Crippen molar-refractivity contribution in [3.8, 4) is 5.75 Å². The molecule has 1 aromatic carbocycles. The molecule has 3 nitrogen and oxygen atoms in total. The number of likely N-dealkylation sites (tertiary alicyclic amines) is 1. The van der Waals surface area contributed by atoms with Gasteiger partial charge in [0.1, 0.15) is 11.9 Å². The van der Waals surface area contributed by atoms with Crippen LogP contribution < -0.4 is 10.1 Å². The average molecular weight is 260 g/mol. The summed E-state index contributed by atoms with van der Waals surface area (Å²) in [6.07, 6.45) is 1.63. The van der Waals surface area contributed by atoms with Crippen molar-refractivity contribution in [3.05, 3.63) is 24.3 Å². The van der Waals surface area contributed by atoms with E-state index >= 15 is 0 Å². The highest BCUT2D eigenvalue weighted by molar-refractivity contribution is 5.57. The SMILES string of the molecule is CC1CC(C)CN(CC2CNc3ccccc3O2)C1. The number of nitrogens with zero attached hydrogens (tertiary/aromatic N) is 1. The summed E-state index contributed by atoms with van der Waals surface area (Å²) in [6.45, 7) is 9.10. The summed E-state index contributed by atoms with van der Waals surface area (Å²) in [5.74, 6) is 2.62. The number of fused-ring (bicyclic) bond motifs is 1. The first kappa shape index (κ1) is 12.8. The van der Waals surface area contributed by atoms with E-state index in [2.05, 4.69) is 36.2 Å². The fourth-order valence-corrected chi connectivity index (χ4v) is 3.49. The fourth-order valence-electron chi connectivity index (χ4n) is 3.49. The van der Waals surface area contributed by atoms with Crippen LogP contribution in [0, 0.1) is 11.8 Å². The molecule has 0 aliphatic carbocycles. The summed E-state index contributed by atoms with van der Waals surface area (Å²) in [6, 6.07) is 8.21. The first-order valence-corrected chi connectivity index (χ1v) is 7.42. The molecule has 1 saturated heterocycles.